The van der Waals surface area contributed by atoms with Gasteiger partial charge in [0.2, 0.25) is 0 Å². The first-order valence-electron chi connectivity index (χ1n) is 6.92. The normalized spacial score (nSPS) is 31.7. The summed E-state index contributed by atoms with van der Waals surface area (Å²) in [5.41, 5.74) is 5.80. The van der Waals surface area contributed by atoms with Crippen LogP contribution in [0.4, 0.5) is 13.2 Å². The molecule has 1 atom stereocenters. The lowest BCUT2D eigenvalue weighted by Crippen LogP contribution is -2.47. The molecule has 2 saturated carbocycles. The quantitative estimate of drug-likeness (QED) is 0.846. The zero-order chi connectivity index (χ0) is 13.3. The highest BCUT2D eigenvalue weighted by Crippen LogP contribution is 2.41. The number of halogens is 3. The molecule has 2 fully saturated rings. The van der Waals surface area contributed by atoms with Gasteiger partial charge in [0.15, 0.2) is 0 Å². The number of hydrogen-bond acceptors (Lipinski definition) is 2. The summed E-state index contributed by atoms with van der Waals surface area (Å²) in [6.45, 7) is 0.625. The van der Waals surface area contributed by atoms with Gasteiger partial charge >= 0.3 is 6.18 Å². The lowest BCUT2D eigenvalue weighted by atomic mass is 9.84. The molecule has 1 unspecified atom stereocenters. The number of hydrogen-bond donors (Lipinski definition) is 1. The van der Waals surface area contributed by atoms with Crippen LogP contribution < -0.4 is 5.73 Å². The lowest BCUT2D eigenvalue weighted by molar-refractivity contribution is -0.184. The van der Waals surface area contributed by atoms with E-state index in [2.05, 4.69) is 4.90 Å². The Labute approximate surface area is 107 Å². The minimum Gasteiger partial charge on any atom is -0.329 e. The number of rotatable bonds is 4. The summed E-state index contributed by atoms with van der Waals surface area (Å²) in [6, 6.07) is 0.662. The van der Waals surface area contributed by atoms with Gasteiger partial charge in [0.1, 0.15) is 0 Å². The highest BCUT2D eigenvalue weighted by Gasteiger charge is 2.43. The fraction of sp³-hybridized carbons (Fsp3) is 1.00. The molecule has 2 N–H and O–H groups in total. The van der Waals surface area contributed by atoms with Gasteiger partial charge in [0.25, 0.3) is 0 Å². The van der Waals surface area contributed by atoms with Gasteiger partial charge in [-0.15, -0.1) is 0 Å². The third-order valence-corrected chi connectivity index (χ3v) is 4.67. The molecule has 0 aromatic heterocycles. The first-order valence-corrected chi connectivity index (χ1v) is 6.92. The van der Waals surface area contributed by atoms with E-state index in [-0.39, 0.29) is 18.9 Å². The molecule has 0 amide bonds. The Kier molecular flexibility index (Phi) is 4.22. The molecule has 5 heteroatoms. The molecule has 0 aliphatic heterocycles. The maximum absolute atomic E-state index is 12.6. The Balaban J connectivity index is 1.85. The van der Waals surface area contributed by atoms with Crippen molar-refractivity contribution in [1.29, 1.82) is 0 Å². The van der Waals surface area contributed by atoms with Crippen molar-refractivity contribution in [3.63, 3.8) is 0 Å². The van der Waals surface area contributed by atoms with Crippen LogP contribution in [-0.4, -0.2) is 36.8 Å². The van der Waals surface area contributed by atoms with E-state index in [0.29, 0.717) is 31.3 Å². The largest absolute Gasteiger partial charge is 0.391 e. The minimum atomic E-state index is -4.01. The Bertz CT molecular complexity index is 268. The lowest BCUT2D eigenvalue weighted by Gasteiger charge is -2.39. The minimum absolute atomic E-state index is 0.278. The van der Waals surface area contributed by atoms with Crippen molar-refractivity contribution >= 4 is 0 Å². The molecule has 0 saturated heterocycles. The van der Waals surface area contributed by atoms with Gasteiger partial charge in [0.05, 0.1) is 5.92 Å². The van der Waals surface area contributed by atoms with Crippen LogP contribution in [-0.2, 0) is 0 Å². The van der Waals surface area contributed by atoms with Gasteiger partial charge in [-0.3, -0.25) is 4.90 Å². The number of nitrogens with zero attached hydrogens (tertiary/aromatic N) is 1. The third kappa shape index (κ3) is 3.18. The fourth-order valence-corrected chi connectivity index (χ4v) is 3.25. The van der Waals surface area contributed by atoms with E-state index in [0.717, 1.165) is 0 Å². The maximum Gasteiger partial charge on any atom is 0.391 e. The van der Waals surface area contributed by atoms with Gasteiger partial charge in [-0.1, -0.05) is 0 Å². The molecule has 0 heterocycles. The summed E-state index contributed by atoms with van der Waals surface area (Å²) >= 11 is 0. The number of nitrogens with two attached hydrogens (primary N) is 1. The van der Waals surface area contributed by atoms with Gasteiger partial charge in [-0.05, 0) is 51.5 Å². The Morgan fingerprint density at radius 2 is 1.67 bits per heavy atom. The maximum atomic E-state index is 12.6. The van der Waals surface area contributed by atoms with E-state index in [4.69, 9.17) is 5.73 Å². The standard InChI is InChI=1S/C13H23F3N2/c1-18(12(8-17)9-2-3-9)11-6-4-10(5-7-11)13(14,15)16/h9-12H,2-8,17H2,1H3. The zero-order valence-electron chi connectivity index (χ0n) is 10.9. The molecule has 18 heavy (non-hydrogen) atoms. The predicted molar refractivity (Wildman–Crippen MR) is 65.1 cm³/mol. The van der Waals surface area contributed by atoms with E-state index in [1.165, 1.54) is 12.8 Å². The van der Waals surface area contributed by atoms with Crippen LogP contribution in [0.3, 0.4) is 0 Å². The first kappa shape index (κ1) is 14.1. The average molecular weight is 264 g/mol. The second kappa shape index (κ2) is 5.37. The Hall–Kier alpha value is -0.290. The predicted octanol–water partition coefficient (Wildman–Crippen LogP) is 2.78. The van der Waals surface area contributed by atoms with Crippen molar-refractivity contribution < 1.29 is 13.2 Å². The molecule has 0 bridgehead atoms. The molecule has 2 rings (SSSR count). The highest BCUT2D eigenvalue weighted by molar-refractivity contribution is 4.92. The zero-order valence-corrected chi connectivity index (χ0v) is 10.9. The van der Waals surface area contributed by atoms with Gasteiger partial charge in [-0.25, -0.2) is 0 Å². The first-order chi connectivity index (χ1) is 8.43. The monoisotopic (exact) mass is 264 g/mol. The smallest absolute Gasteiger partial charge is 0.329 e. The topological polar surface area (TPSA) is 29.3 Å². The van der Waals surface area contributed by atoms with Crippen molar-refractivity contribution in [2.75, 3.05) is 13.6 Å². The molecule has 2 aliphatic carbocycles. The van der Waals surface area contributed by atoms with Gasteiger partial charge in [0, 0.05) is 18.6 Å². The van der Waals surface area contributed by atoms with Crippen molar-refractivity contribution in [2.45, 2.75) is 56.8 Å². The van der Waals surface area contributed by atoms with Crippen molar-refractivity contribution in [3.8, 4) is 0 Å². The summed E-state index contributed by atoms with van der Waals surface area (Å²) in [4.78, 5) is 2.25. The fourth-order valence-electron chi connectivity index (χ4n) is 3.25. The van der Waals surface area contributed by atoms with Crippen molar-refractivity contribution in [3.05, 3.63) is 0 Å². The molecule has 0 radical (unpaired) electrons. The SMILES string of the molecule is CN(C1CCC(C(F)(F)F)CC1)C(CN)C1CC1. The van der Waals surface area contributed by atoms with E-state index < -0.39 is 12.1 Å². The number of likely N-dealkylation sites (N-methyl/N-ethyl adjacent to an activating group) is 1. The second-order valence-corrected chi connectivity index (χ2v) is 5.85. The molecule has 2 nitrogen and oxygen atoms in total. The van der Waals surface area contributed by atoms with E-state index in [1.807, 2.05) is 7.05 Å². The third-order valence-electron chi connectivity index (χ3n) is 4.67. The van der Waals surface area contributed by atoms with E-state index in [1.54, 1.807) is 0 Å². The molecular formula is C13H23F3N2. The van der Waals surface area contributed by atoms with Crippen LogP contribution in [0.15, 0.2) is 0 Å². The molecule has 106 valence electrons. The van der Waals surface area contributed by atoms with Crippen LogP contribution in [0.5, 0.6) is 0 Å². The van der Waals surface area contributed by atoms with Gasteiger partial charge in [-0.2, -0.15) is 13.2 Å². The van der Waals surface area contributed by atoms with E-state index in [9.17, 15) is 13.2 Å². The second-order valence-electron chi connectivity index (χ2n) is 5.85. The molecular weight excluding hydrogens is 241 g/mol. The average Bonchev–Trinajstić information content (AvgIpc) is 3.13. The van der Waals surface area contributed by atoms with Crippen LogP contribution in [0.25, 0.3) is 0 Å². The Morgan fingerprint density at radius 1 is 1.11 bits per heavy atom. The summed E-state index contributed by atoms with van der Waals surface area (Å²) in [7, 11) is 2.04. The van der Waals surface area contributed by atoms with Crippen molar-refractivity contribution in [1.82, 2.24) is 4.90 Å². The molecule has 0 spiro atoms. The van der Waals surface area contributed by atoms with E-state index >= 15 is 0 Å². The Morgan fingerprint density at radius 3 is 2.06 bits per heavy atom. The summed E-state index contributed by atoms with van der Waals surface area (Å²) in [6.07, 6.45) is 0.316. The van der Waals surface area contributed by atoms with Crippen molar-refractivity contribution in [2.24, 2.45) is 17.6 Å². The number of alkyl halides is 3. The van der Waals surface area contributed by atoms with Crippen LogP contribution >= 0.6 is 0 Å². The van der Waals surface area contributed by atoms with Crippen LogP contribution in [0.1, 0.15) is 38.5 Å². The highest BCUT2D eigenvalue weighted by atomic mass is 19.4. The van der Waals surface area contributed by atoms with Gasteiger partial charge < -0.3 is 5.73 Å². The molecule has 2 aliphatic rings. The summed E-state index contributed by atoms with van der Waals surface area (Å²) in [5.74, 6) is -0.403. The van der Waals surface area contributed by atoms with Crippen LogP contribution in [0.2, 0.25) is 0 Å². The summed E-state index contributed by atoms with van der Waals surface area (Å²) < 4.78 is 37.8. The summed E-state index contributed by atoms with van der Waals surface area (Å²) in [5, 5.41) is 0. The molecule has 0 aromatic carbocycles. The molecule has 0 aromatic rings. The van der Waals surface area contributed by atoms with Crippen LogP contribution in [0, 0.1) is 11.8 Å².